The average Bonchev–Trinajstić information content (AvgIpc) is 0.918. The third kappa shape index (κ3) is 62.9. The Kier molecular flexibility index (Phi) is 23.5. The molecule has 0 aromatic heterocycles. The fourth-order valence-corrected chi connectivity index (χ4v) is 0. The first kappa shape index (κ1) is 8.87. The fraction of sp³-hybridized carbons (Fsp3) is 0. The normalized spacial score (nSPS) is 2.00. The van der Waals surface area contributed by atoms with Crippen molar-refractivity contribution in [1.82, 2.24) is 0 Å². The van der Waals surface area contributed by atoms with Crippen molar-refractivity contribution in [2.24, 2.45) is 0 Å². The number of rotatable bonds is 0. The van der Waals surface area contributed by atoms with Gasteiger partial charge < -0.3 is 11.1 Å². The molecule has 0 saturated carbocycles. The first-order valence-corrected chi connectivity index (χ1v) is 0.400. The third-order valence-corrected chi connectivity index (χ3v) is 0. The maximum absolute atomic E-state index is 6.75. The van der Waals surface area contributed by atoms with Gasteiger partial charge in [-0.3, -0.25) is 4.91 Å². The first-order chi connectivity index (χ1) is 1.41. The van der Waals surface area contributed by atoms with Gasteiger partial charge in [-0.25, -0.2) is 0 Å². The molecule has 4 heteroatoms. The van der Waals surface area contributed by atoms with Crippen molar-refractivity contribution < 1.29 is 27.3 Å². The van der Waals surface area contributed by atoms with Gasteiger partial charge in [0.1, 0.15) is 0 Å². The molecule has 0 unspecified atom stereocenters. The topological polar surface area (TPSA) is 58.7 Å². The van der Waals surface area contributed by atoms with Crippen molar-refractivity contribution in [1.29, 1.82) is 0 Å². The van der Waals surface area contributed by atoms with E-state index in [1.54, 1.807) is 0 Å². The molecule has 0 aliphatic heterocycles. The van der Waals surface area contributed by atoms with Gasteiger partial charge in [0.05, 0.1) is 0 Å². The minimum absolute atomic E-state index is 0. The summed E-state index contributed by atoms with van der Waals surface area (Å²) in [4.78, 5) is 1.50. The van der Waals surface area contributed by atoms with Gasteiger partial charge in [0, 0.05) is 27.3 Å². The van der Waals surface area contributed by atoms with Gasteiger partial charge >= 0.3 is 0 Å². The van der Waals surface area contributed by atoms with E-state index in [-0.39, 0.29) is 27.3 Å². The quantitative estimate of drug-likeness (QED) is 0.215. The van der Waals surface area contributed by atoms with E-state index >= 15 is 0 Å². The molecule has 0 N–H and O–H groups in total. The molecule has 3 nitrogen and oxygen atoms in total. The summed E-state index contributed by atoms with van der Waals surface area (Å²) in [6.45, 7) is 0. The second-order valence-corrected chi connectivity index (χ2v) is 0.0894. The van der Waals surface area contributed by atoms with E-state index in [1.807, 2.05) is 0 Å². The SMILES string of the molecule is [Cd].[N-]=[N+]=[N-]. The summed E-state index contributed by atoms with van der Waals surface area (Å²) in [7, 11) is 0. The predicted molar refractivity (Wildman–Crippen MR) is 10.1 cm³/mol. The molecule has 0 rings (SSSR count). The fourth-order valence-electron chi connectivity index (χ4n) is 0. The van der Waals surface area contributed by atoms with Gasteiger partial charge in [-0.15, -0.1) is 0 Å². The van der Waals surface area contributed by atoms with Gasteiger partial charge in [0.2, 0.25) is 0 Å². The van der Waals surface area contributed by atoms with E-state index in [0.29, 0.717) is 0 Å². The van der Waals surface area contributed by atoms with Crippen LogP contribution in [0.25, 0.3) is 16.0 Å². The Morgan fingerprint density at radius 2 is 1.25 bits per heavy atom. The summed E-state index contributed by atoms with van der Waals surface area (Å²) in [5.74, 6) is 0. The Morgan fingerprint density at radius 3 is 1.25 bits per heavy atom. The molecule has 0 aliphatic carbocycles. The second kappa shape index (κ2) is 10.6. The van der Waals surface area contributed by atoms with Crippen LogP contribution in [0.2, 0.25) is 0 Å². The Balaban J connectivity index is 0. The Morgan fingerprint density at radius 1 is 1.25 bits per heavy atom. The zero-order valence-electron chi connectivity index (χ0n) is 2.05. The number of nitrogens with zero attached hydrogens (tertiary/aromatic N) is 3. The molecule has 0 heterocycles. The van der Waals surface area contributed by atoms with E-state index in [4.69, 9.17) is 11.1 Å². The van der Waals surface area contributed by atoms with Crippen LogP contribution < -0.4 is 0 Å². The van der Waals surface area contributed by atoms with Gasteiger partial charge in [-0.2, -0.15) is 0 Å². The van der Waals surface area contributed by atoms with Crippen LogP contribution in [0.5, 0.6) is 0 Å². The molecule has 0 amide bonds. The first-order valence-electron chi connectivity index (χ1n) is 0.400. The van der Waals surface area contributed by atoms with E-state index in [2.05, 4.69) is 0 Å². The maximum Gasteiger partial charge on any atom is 0 e. The maximum atomic E-state index is 6.75. The minimum Gasteiger partial charge on any atom is -0.373 e. The zero-order valence-corrected chi connectivity index (χ0v) is 6.09. The van der Waals surface area contributed by atoms with Crippen LogP contribution in [-0.2, 0) is 27.3 Å². The van der Waals surface area contributed by atoms with Crippen LogP contribution >= 0.6 is 0 Å². The summed E-state index contributed by atoms with van der Waals surface area (Å²) < 4.78 is 0. The van der Waals surface area contributed by atoms with Crippen molar-refractivity contribution in [2.45, 2.75) is 0 Å². The molecule has 0 saturated heterocycles. The third-order valence-electron chi connectivity index (χ3n) is 0. The second-order valence-electron chi connectivity index (χ2n) is 0.0894. The van der Waals surface area contributed by atoms with Crippen molar-refractivity contribution in [3.63, 3.8) is 0 Å². The zero-order chi connectivity index (χ0) is 2.71. The number of hydrogen-bond donors (Lipinski definition) is 0. The summed E-state index contributed by atoms with van der Waals surface area (Å²) in [5, 5.41) is 0. The Bertz CT molecular complexity index is 24.3. The molecule has 0 aromatic carbocycles. The van der Waals surface area contributed by atoms with E-state index in [9.17, 15) is 0 Å². The minimum atomic E-state index is 0. The summed E-state index contributed by atoms with van der Waals surface area (Å²) in [5.41, 5.74) is 13.5. The molecule has 4 heavy (non-hydrogen) atoms. The molecule has 18 valence electrons. The van der Waals surface area contributed by atoms with Gasteiger partial charge in [0.25, 0.3) is 0 Å². The summed E-state index contributed by atoms with van der Waals surface area (Å²) in [6.07, 6.45) is 0. The van der Waals surface area contributed by atoms with Crippen LogP contribution in [0.15, 0.2) is 0 Å². The summed E-state index contributed by atoms with van der Waals surface area (Å²) >= 11 is 0. The van der Waals surface area contributed by atoms with Crippen LogP contribution in [0, 0.1) is 0 Å². The van der Waals surface area contributed by atoms with Gasteiger partial charge in [-0.1, -0.05) is 0 Å². The van der Waals surface area contributed by atoms with Crippen LogP contribution in [0.1, 0.15) is 0 Å². The molecule has 0 atom stereocenters. The molecule has 0 spiro atoms. The van der Waals surface area contributed by atoms with Crippen molar-refractivity contribution in [3.8, 4) is 0 Å². The predicted octanol–water partition coefficient (Wildman–Crippen LogP) is 0.864. The van der Waals surface area contributed by atoms with Gasteiger partial charge in [0.15, 0.2) is 0 Å². The average molecular weight is 154 g/mol. The van der Waals surface area contributed by atoms with Crippen molar-refractivity contribution in [2.75, 3.05) is 0 Å². The molecule has 0 aliphatic rings. The van der Waals surface area contributed by atoms with E-state index < -0.39 is 0 Å². The Labute approximate surface area is 43.6 Å². The van der Waals surface area contributed by atoms with Crippen molar-refractivity contribution >= 4 is 0 Å². The molecule has 0 bridgehead atoms. The van der Waals surface area contributed by atoms with Crippen molar-refractivity contribution in [3.05, 3.63) is 16.0 Å². The molecule has 0 radical (unpaired) electrons. The standard InChI is InChI=1S/Cd.N3/c;1-3-2/q;-1. The van der Waals surface area contributed by atoms with Crippen LogP contribution in [0.3, 0.4) is 0 Å². The summed E-state index contributed by atoms with van der Waals surface area (Å²) in [6, 6.07) is 0. The monoisotopic (exact) mass is 156 g/mol. The van der Waals surface area contributed by atoms with Gasteiger partial charge in [-0.05, 0) is 0 Å². The smallest absolute Gasteiger partial charge is 0 e. The molecular weight excluding hydrogens is 154 g/mol. The molecule has 0 fully saturated rings. The van der Waals surface area contributed by atoms with Crippen LogP contribution in [0.4, 0.5) is 0 Å². The molecule has 0 aromatic rings. The molecular formula is CdN3-. The Hall–Kier alpha value is 0.232. The largest absolute Gasteiger partial charge is 0.373 e. The van der Waals surface area contributed by atoms with E-state index in [1.165, 1.54) is 4.91 Å². The van der Waals surface area contributed by atoms with E-state index in [0.717, 1.165) is 0 Å². The number of hydrogen-bond acceptors (Lipinski definition) is 0. The van der Waals surface area contributed by atoms with Crippen LogP contribution in [-0.4, -0.2) is 0 Å².